The number of amides is 2. The Hall–Kier alpha value is -1.96. The molecule has 2 N–H and O–H groups in total. The highest BCUT2D eigenvalue weighted by molar-refractivity contribution is 9.10. The van der Waals surface area contributed by atoms with Crippen molar-refractivity contribution in [1.82, 2.24) is 10.9 Å². The predicted molar refractivity (Wildman–Crippen MR) is 97.9 cm³/mol. The molecule has 2 amide bonds. The summed E-state index contributed by atoms with van der Waals surface area (Å²) >= 11 is 15.0. The zero-order valence-corrected chi connectivity index (χ0v) is 15.8. The highest BCUT2D eigenvalue weighted by atomic mass is 79.9. The molecule has 2 aromatic carbocycles. The van der Waals surface area contributed by atoms with E-state index in [1.165, 1.54) is 0 Å². The Kier molecular flexibility index (Phi) is 7.36. The minimum absolute atomic E-state index is 0.286. The molecule has 0 saturated carbocycles. The number of carbonyl (C=O) groups excluding carboxylic acids is 2. The Bertz CT molecular complexity index is 774. The summed E-state index contributed by atoms with van der Waals surface area (Å²) in [7, 11) is 0. The highest BCUT2D eigenvalue weighted by Crippen LogP contribution is 2.27. The third kappa shape index (κ3) is 6.45. The Labute approximate surface area is 162 Å². The van der Waals surface area contributed by atoms with Gasteiger partial charge in [0.25, 0.3) is 11.8 Å². The average molecular weight is 448 g/mol. The molecule has 132 valence electrons. The summed E-state index contributed by atoms with van der Waals surface area (Å²) in [5, 5.41) is 0.927. The first kappa shape index (κ1) is 19.4. The first-order valence-corrected chi connectivity index (χ1v) is 8.53. The molecule has 0 spiro atoms. The van der Waals surface area contributed by atoms with E-state index in [0.29, 0.717) is 26.0 Å². The van der Waals surface area contributed by atoms with Gasteiger partial charge in [-0.1, -0.05) is 35.3 Å². The van der Waals surface area contributed by atoms with Gasteiger partial charge in [0.2, 0.25) is 0 Å². The van der Waals surface area contributed by atoms with Crippen molar-refractivity contribution in [3.8, 4) is 11.5 Å². The number of hydrogen-bond donors (Lipinski definition) is 2. The fourth-order valence-corrected chi connectivity index (χ4v) is 2.64. The van der Waals surface area contributed by atoms with E-state index in [2.05, 4.69) is 26.8 Å². The largest absolute Gasteiger partial charge is 0.483 e. The lowest BCUT2D eigenvalue weighted by atomic mass is 10.3. The summed E-state index contributed by atoms with van der Waals surface area (Å²) in [4.78, 5) is 23.3. The first-order chi connectivity index (χ1) is 12.0. The van der Waals surface area contributed by atoms with Crippen LogP contribution in [0, 0.1) is 0 Å². The van der Waals surface area contributed by atoms with Crippen LogP contribution in [0.5, 0.6) is 11.5 Å². The number of nitrogens with one attached hydrogen (secondary N) is 2. The SMILES string of the molecule is O=C(COc1ccccc1Cl)NNC(=O)COc1ccc(Cl)cc1Br. The number of para-hydroxylation sites is 1. The van der Waals surface area contributed by atoms with Gasteiger partial charge in [-0.05, 0) is 46.3 Å². The van der Waals surface area contributed by atoms with Crippen LogP contribution in [-0.4, -0.2) is 25.0 Å². The van der Waals surface area contributed by atoms with Gasteiger partial charge in [-0.25, -0.2) is 0 Å². The molecule has 0 atom stereocenters. The van der Waals surface area contributed by atoms with Gasteiger partial charge in [-0.2, -0.15) is 0 Å². The van der Waals surface area contributed by atoms with Crippen molar-refractivity contribution in [3.05, 3.63) is 57.0 Å². The van der Waals surface area contributed by atoms with E-state index < -0.39 is 11.8 Å². The van der Waals surface area contributed by atoms with Crippen LogP contribution in [0.3, 0.4) is 0 Å². The normalized spacial score (nSPS) is 10.0. The molecule has 0 bridgehead atoms. The van der Waals surface area contributed by atoms with Crippen molar-refractivity contribution in [1.29, 1.82) is 0 Å². The quantitative estimate of drug-likeness (QED) is 0.665. The van der Waals surface area contributed by atoms with Crippen molar-refractivity contribution < 1.29 is 19.1 Å². The second-order valence-electron chi connectivity index (χ2n) is 4.68. The number of halogens is 3. The Balaban J connectivity index is 1.70. The molecule has 0 unspecified atom stereocenters. The van der Waals surface area contributed by atoms with Crippen LogP contribution < -0.4 is 20.3 Å². The van der Waals surface area contributed by atoms with E-state index >= 15 is 0 Å². The number of carbonyl (C=O) groups is 2. The smallest absolute Gasteiger partial charge is 0.276 e. The second kappa shape index (κ2) is 9.50. The van der Waals surface area contributed by atoms with E-state index in [9.17, 15) is 9.59 Å². The van der Waals surface area contributed by atoms with Gasteiger partial charge in [-0.15, -0.1) is 0 Å². The van der Waals surface area contributed by atoms with E-state index in [1.807, 2.05) is 0 Å². The van der Waals surface area contributed by atoms with Crippen molar-refractivity contribution in [3.63, 3.8) is 0 Å². The summed E-state index contributed by atoms with van der Waals surface area (Å²) in [5.41, 5.74) is 4.43. The van der Waals surface area contributed by atoms with E-state index in [0.717, 1.165) is 0 Å². The molecular formula is C16H13BrCl2N2O4. The van der Waals surface area contributed by atoms with Crippen LogP contribution in [0.25, 0.3) is 0 Å². The van der Waals surface area contributed by atoms with Crippen LogP contribution in [0.4, 0.5) is 0 Å². The summed E-state index contributed by atoms with van der Waals surface area (Å²) in [5.74, 6) is -0.247. The number of hydrogen-bond acceptors (Lipinski definition) is 4. The molecule has 0 aliphatic heterocycles. The van der Waals surface area contributed by atoms with Gasteiger partial charge in [-0.3, -0.25) is 20.4 Å². The van der Waals surface area contributed by atoms with Gasteiger partial charge in [0.05, 0.1) is 9.50 Å². The van der Waals surface area contributed by atoms with Crippen molar-refractivity contribution in [2.75, 3.05) is 13.2 Å². The molecule has 25 heavy (non-hydrogen) atoms. The minimum Gasteiger partial charge on any atom is -0.483 e. The third-order valence-electron chi connectivity index (χ3n) is 2.79. The maximum absolute atomic E-state index is 11.7. The monoisotopic (exact) mass is 446 g/mol. The molecule has 0 saturated heterocycles. The first-order valence-electron chi connectivity index (χ1n) is 6.98. The molecule has 0 aliphatic carbocycles. The minimum atomic E-state index is -0.541. The molecule has 9 heteroatoms. The number of rotatable bonds is 6. The fraction of sp³-hybridized carbons (Fsp3) is 0.125. The van der Waals surface area contributed by atoms with Gasteiger partial charge in [0.15, 0.2) is 13.2 Å². The molecular weight excluding hydrogens is 435 g/mol. The summed E-state index contributed by atoms with van der Waals surface area (Å²) in [6.45, 7) is -0.584. The van der Waals surface area contributed by atoms with E-state index in [1.54, 1.807) is 42.5 Å². The molecule has 0 aliphatic rings. The van der Waals surface area contributed by atoms with Crippen LogP contribution >= 0.6 is 39.1 Å². The Morgan fingerprint density at radius 3 is 2.12 bits per heavy atom. The maximum Gasteiger partial charge on any atom is 0.276 e. The zero-order valence-electron chi connectivity index (χ0n) is 12.7. The van der Waals surface area contributed by atoms with E-state index in [4.69, 9.17) is 32.7 Å². The van der Waals surface area contributed by atoms with Crippen molar-refractivity contribution in [2.45, 2.75) is 0 Å². The lowest BCUT2D eigenvalue weighted by Gasteiger charge is -2.11. The summed E-state index contributed by atoms with van der Waals surface area (Å²) in [6.07, 6.45) is 0. The van der Waals surface area contributed by atoms with E-state index in [-0.39, 0.29) is 13.2 Å². The maximum atomic E-state index is 11.7. The number of hydrazine groups is 1. The summed E-state index contributed by atoms with van der Waals surface area (Å²) in [6, 6.07) is 11.6. The zero-order chi connectivity index (χ0) is 18.2. The van der Waals surface area contributed by atoms with Crippen molar-refractivity contribution in [2.24, 2.45) is 0 Å². The molecule has 0 heterocycles. The fourth-order valence-electron chi connectivity index (χ4n) is 1.65. The lowest BCUT2D eigenvalue weighted by molar-refractivity contribution is -0.131. The molecule has 0 radical (unpaired) electrons. The van der Waals surface area contributed by atoms with Crippen LogP contribution in [0.1, 0.15) is 0 Å². The highest BCUT2D eigenvalue weighted by Gasteiger charge is 2.09. The van der Waals surface area contributed by atoms with Crippen LogP contribution in [-0.2, 0) is 9.59 Å². The number of benzene rings is 2. The van der Waals surface area contributed by atoms with Gasteiger partial charge < -0.3 is 9.47 Å². The molecule has 0 aromatic heterocycles. The number of ether oxygens (including phenoxy) is 2. The van der Waals surface area contributed by atoms with Crippen molar-refractivity contribution >= 4 is 50.9 Å². The standard InChI is InChI=1S/C16H13BrCl2N2O4/c17-11-7-10(18)5-6-13(11)24-8-15(22)20-21-16(23)9-25-14-4-2-1-3-12(14)19/h1-7H,8-9H2,(H,20,22)(H,21,23). The van der Waals surface area contributed by atoms with Gasteiger partial charge in [0.1, 0.15) is 11.5 Å². The average Bonchev–Trinajstić information content (AvgIpc) is 2.58. The molecule has 6 nitrogen and oxygen atoms in total. The molecule has 2 aromatic rings. The topological polar surface area (TPSA) is 76.7 Å². The van der Waals surface area contributed by atoms with Gasteiger partial charge in [0, 0.05) is 5.02 Å². The lowest BCUT2D eigenvalue weighted by Crippen LogP contribution is -2.45. The summed E-state index contributed by atoms with van der Waals surface area (Å²) < 4.78 is 11.2. The molecule has 0 fully saturated rings. The van der Waals surface area contributed by atoms with Crippen LogP contribution in [0.2, 0.25) is 10.0 Å². The second-order valence-corrected chi connectivity index (χ2v) is 6.38. The third-order valence-corrected chi connectivity index (χ3v) is 3.96. The molecule has 2 rings (SSSR count). The van der Waals surface area contributed by atoms with Gasteiger partial charge >= 0.3 is 0 Å². The Morgan fingerprint density at radius 1 is 0.920 bits per heavy atom. The Morgan fingerprint density at radius 2 is 1.52 bits per heavy atom. The predicted octanol–water partition coefficient (Wildman–Crippen LogP) is 3.36. The van der Waals surface area contributed by atoms with Crippen LogP contribution in [0.15, 0.2) is 46.9 Å².